The van der Waals surface area contributed by atoms with Crippen molar-refractivity contribution in [1.29, 1.82) is 0 Å². The second-order valence-electron chi connectivity index (χ2n) is 7.63. The molecule has 3 rings (SSSR count). The first-order valence-corrected chi connectivity index (χ1v) is 10.0. The van der Waals surface area contributed by atoms with E-state index >= 15 is 0 Å². The number of carbonyl (C=O) groups is 3. The average molecular weight is 474 g/mol. The molecule has 2 aliphatic heterocycles. The lowest BCUT2D eigenvalue weighted by atomic mass is 10.1. The molecule has 0 spiro atoms. The van der Waals surface area contributed by atoms with Gasteiger partial charge in [-0.3, -0.25) is 0 Å². The van der Waals surface area contributed by atoms with Crippen LogP contribution >= 0.6 is 0 Å². The molecular formula is C21H25F3N2O7. The van der Waals surface area contributed by atoms with Crippen LogP contribution in [0.4, 0.5) is 18.0 Å². The summed E-state index contributed by atoms with van der Waals surface area (Å²) in [6.07, 6.45) is -3.59. The molecule has 1 aromatic carbocycles. The lowest BCUT2D eigenvalue weighted by molar-refractivity contribution is -0.137. The van der Waals surface area contributed by atoms with Crippen molar-refractivity contribution >= 4 is 18.0 Å². The predicted molar refractivity (Wildman–Crippen MR) is 109 cm³/mol. The van der Waals surface area contributed by atoms with Gasteiger partial charge in [-0.1, -0.05) is 6.07 Å². The summed E-state index contributed by atoms with van der Waals surface area (Å²) in [5.74, 6) is -2.35. The minimum atomic E-state index is -4.40. The van der Waals surface area contributed by atoms with Crippen molar-refractivity contribution in [2.45, 2.75) is 38.3 Å². The molecule has 0 saturated carbocycles. The Morgan fingerprint density at radius 2 is 1.52 bits per heavy atom. The number of hydrogen-bond donors (Lipinski definition) is 2. The summed E-state index contributed by atoms with van der Waals surface area (Å²) in [6.45, 7) is 5.67. The maximum absolute atomic E-state index is 12.7. The monoisotopic (exact) mass is 474 g/mol. The van der Waals surface area contributed by atoms with Gasteiger partial charge in [0.15, 0.2) is 0 Å². The Balaban J connectivity index is 0.000000414. The Morgan fingerprint density at radius 3 is 2.00 bits per heavy atom. The minimum Gasteiger partial charge on any atom is -0.487 e. The fourth-order valence-electron chi connectivity index (χ4n) is 3.28. The van der Waals surface area contributed by atoms with Crippen molar-refractivity contribution in [2.24, 2.45) is 0 Å². The van der Waals surface area contributed by atoms with E-state index in [0.29, 0.717) is 38.3 Å². The number of carboxylic acid groups (broad SMARTS) is 2. The molecule has 0 aliphatic carbocycles. The molecule has 182 valence electrons. The summed E-state index contributed by atoms with van der Waals surface area (Å²) < 4.78 is 49.3. The number of rotatable bonds is 4. The van der Waals surface area contributed by atoms with E-state index in [-0.39, 0.29) is 30.1 Å². The van der Waals surface area contributed by atoms with Crippen molar-refractivity contribution in [3.8, 4) is 5.75 Å². The molecular weight excluding hydrogens is 449 g/mol. The van der Waals surface area contributed by atoms with Crippen molar-refractivity contribution < 1.29 is 47.2 Å². The molecule has 2 saturated heterocycles. The van der Waals surface area contributed by atoms with Crippen LogP contribution in [0.25, 0.3) is 0 Å². The Labute approximate surface area is 188 Å². The van der Waals surface area contributed by atoms with E-state index in [1.165, 1.54) is 12.1 Å². The number of alkyl halides is 3. The number of nitrogens with zero attached hydrogens (tertiary/aromatic N) is 2. The zero-order chi connectivity index (χ0) is 24.8. The second-order valence-corrected chi connectivity index (χ2v) is 7.63. The number of amides is 2. The number of hydrogen-bond acceptors (Lipinski definition) is 5. The first-order valence-electron chi connectivity index (χ1n) is 10.0. The SMILES string of the molecule is CC1CN(C(=O)N2CC(Oc3cccc(C(F)(F)F)c3)C2)CC(C)O1.O=C(O)C=CC(=O)O. The van der Waals surface area contributed by atoms with Crippen LogP contribution in [0.5, 0.6) is 5.75 Å². The van der Waals surface area contributed by atoms with Crippen LogP contribution in [-0.4, -0.2) is 82.5 Å². The maximum atomic E-state index is 12.7. The Kier molecular flexibility index (Phi) is 8.69. The van der Waals surface area contributed by atoms with E-state index < -0.39 is 23.7 Å². The molecule has 2 N–H and O–H groups in total. The van der Waals surface area contributed by atoms with Crippen molar-refractivity contribution in [2.75, 3.05) is 26.2 Å². The predicted octanol–water partition coefficient (Wildman–Crippen LogP) is 2.71. The van der Waals surface area contributed by atoms with Gasteiger partial charge >= 0.3 is 24.1 Å². The number of halogens is 3. The minimum absolute atomic E-state index is 0.00821. The van der Waals surface area contributed by atoms with Gasteiger partial charge in [-0.25, -0.2) is 14.4 Å². The lowest BCUT2D eigenvalue weighted by Gasteiger charge is -2.44. The van der Waals surface area contributed by atoms with Gasteiger partial charge in [0.2, 0.25) is 0 Å². The molecule has 33 heavy (non-hydrogen) atoms. The first kappa shape index (κ1) is 26.0. The highest BCUT2D eigenvalue weighted by Gasteiger charge is 2.37. The number of ether oxygens (including phenoxy) is 2. The topological polar surface area (TPSA) is 117 Å². The quantitative estimate of drug-likeness (QED) is 0.645. The first-order chi connectivity index (χ1) is 15.3. The van der Waals surface area contributed by atoms with Gasteiger partial charge in [-0.15, -0.1) is 0 Å². The van der Waals surface area contributed by atoms with Crippen LogP contribution in [0.15, 0.2) is 36.4 Å². The molecule has 2 unspecified atom stereocenters. The van der Waals surface area contributed by atoms with Crippen molar-refractivity contribution in [3.63, 3.8) is 0 Å². The van der Waals surface area contributed by atoms with Crippen molar-refractivity contribution in [3.05, 3.63) is 42.0 Å². The normalized spacial score (nSPS) is 21.1. The smallest absolute Gasteiger partial charge is 0.416 e. The summed E-state index contributed by atoms with van der Waals surface area (Å²) in [5, 5.41) is 15.6. The fourth-order valence-corrected chi connectivity index (χ4v) is 3.28. The summed E-state index contributed by atoms with van der Waals surface area (Å²) >= 11 is 0. The van der Waals surface area contributed by atoms with Gasteiger partial charge in [0.25, 0.3) is 0 Å². The summed E-state index contributed by atoms with van der Waals surface area (Å²) in [7, 11) is 0. The largest absolute Gasteiger partial charge is 0.487 e. The highest BCUT2D eigenvalue weighted by Crippen LogP contribution is 2.32. The summed E-state index contributed by atoms with van der Waals surface area (Å²) in [4.78, 5) is 34.9. The van der Waals surface area contributed by atoms with E-state index in [1.54, 1.807) is 9.80 Å². The van der Waals surface area contributed by atoms with Gasteiger partial charge in [0.05, 0.1) is 30.9 Å². The van der Waals surface area contributed by atoms with Gasteiger partial charge in [0, 0.05) is 25.2 Å². The number of likely N-dealkylation sites (tertiary alicyclic amines) is 1. The fraction of sp³-hybridized carbons (Fsp3) is 0.476. The molecule has 1 aromatic rings. The van der Waals surface area contributed by atoms with Crippen LogP contribution in [0.2, 0.25) is 0 Å². The number of morpholine rings is 1. The third kappa shape index (κ3) is 8.29. The molecule has 2 heterocycles. The molecule has 2 amide bonds. The van der Waals surface area contributed by atoms with Gasteiger partial charge < -0.3 is 29.5 Å². The summed E-state index contributed by atoms with van der Waals surface area (Å²) in [5.41, 5.74) is -0.742. The van der Waals surface area contributed by atoms with E-state index in [2.05, 4.69) is 0 Å². The van der Waals surface area contributed by atoms with Gasteiger partial charge in [-0.05, 0) is 32.0 Å². The number of carboxylic acids is 2. The molecule has 12 heteroatoms. The standard InChI is InChI=1S/C17H21F3N2O3.C4H4O4/c1-11-7-21(8-12(2)24-11)16(23)22-9-15(10-22)25-14-5-3-4-13(6-14)17(18,19)20;5-3(6)1-2-4(7)8/h3-6,11-12,15H,7-10H2,1-2H3;1-2H,(H,5,6)(H,7,8). The van der Waals surface area contributed by atoms with E-state index in [4.69, 9.17) is 19.7 Å². The van der Waals surface area contributed by atoms with E-state index in [9.17, 15) is 27.6 Å². The second kappa shape index (κ2) is 11.0. The number of carbonyl (C=O) groups excluding carboxylic acids is 1. The molecule has 9 nitrogen and oxygen atoms in total. The van der Waals surface area contributed by atoms with Crippen LogP contribution in [-0.2, 0) is 20.5 Å². The van der Waals surface area contributed by atoms with Crippen molar-refractivity contribution in [1.82, 2.24) is 9.80 Å². The number of urea groups is 1. The number of benzene rings is 1. The highest BCUT2D eigenvalue weighted by atomic mass is 19.4. The zero-order valence-corrected chi connectivity index (χ0v) is 18.0. The molecule has 2 atom stereocenters. The Bertz CT molecular complexity index is 859. The van der Waals surface area contributed by atoms with Crippen LogP contribution in [0.1, 0.15) is 19.4 Å². The number of aliphatic carboxylic acids is 2. The average Bonchev–Trinajstić information content (AvgIpc) is 2.67. The van der Waals surface area contributed by atoms with E-state index in [1.807, 2.05) is 13.8 Å². The van der Waals surface area contributed by atoms with Gasteiger partial charge in [-0.2, -0.15) is 13.2 Å². The summed E-state index contributed by atoms with van der Waals surface area (Å²) in [6, 6.07) is 4.72. The van der Waals surface area contributed by atoms with E-state index in [0.717, 1.165) is 12.1 Å². The zero-order valence-electron chi connectivity index (χ0n) is 18.0. The molecule has 0 bridgehead atoms. The maximum Gasteiger partial charge on any atom is 0.416 e. The third-order valence-corrected chi connectivity index (χ3v) is 4.64. The lowest BCUT2D eigenvalue weighted by Crippen LogP contribution is -2.62. The molecule has 2 aliphatic rings. The van der Waals surface area contributed by atoms with Crippen LogP contribution in [0.3, 0.4) is 0 Å². The third-order valence-electron chi connectivity index (χ3n) is 4.64. The molecule has 2 fully saturated rings. The van der Waals surface area contributed by atoms with Crippen LogP contribution in [0, 0.1) is 0 Å². The van der Waals surface area contributed by atoms with Crippen LogP contribution < -0.4 is 4.74 Å². The highest BCUT2D eigenvalue weighted by molar-refractivity contribution is 5.89. The molecule has 0 aromatic heterocycles. The Hall–Kier alpha value is -3.28. The van der Waals surface area contributed by atoms with Gasteiger partial charge in [0.1, 0.15) is 11.9 Å². The Morgan fingerprint density at radius 1 is 1.00 bits per heavy atom. The molecule has 0 radical (unpaired) electrons.